The molecule has 4 heterocycles. The molecule has 0 N–H and O–H groups in total. The Morgan fingerprint density at radius 2 is 2.00 bits per heavy atom. The van der Waals surface area contributed by atoms with Crippen molar-refractivity contribution in [1.82, 2.24) is 24.9 Å². The molecule has 26 heavy (non-hydrogen) atoms. The highest BCUT2D eigenvalue weighted by molar-refractivity contribution is 5.81. The summed E-state index contributed by atoms with van der Waals surface area (Å²) in [6, 6.07) is 4.04. The molecular weight excluding hydrogens is 328 g/mol. The standard InChI is InChI=1S/C19H26N6O/c1-4-25-18(26)11-16(15-12-20-23(3)13-15)19(25)7-9-24(10-8-19)17-6-5-14(2)21-22-17/h5-6,12-13,16H,4,7-11H2,1-3H3. The molecule has 0 aromatic carbocycles. The van der Waals surface area contributed by atoms with Crippen molar-refractivity contribution in [1.29, 1.82) is 0 Å². The minimum Gasteiger partial charge on any atom is -0.355 e. The second-order valence-corrected chi connectivity index (χ2v) is 7.47. The van der Waals surface area contributed by atoms with Crippen LogP contribution in [-0.4, -0.2) is 56.0 Å². The van der Waals surface area contributed by atoms with E-state index in [1.54, 1.807) is 0 Å². The molecule has 0 bridgehead atoms. The van der Waals surface area contributed by atoms with E-state index in [-0.39, 0.29) is 17.4 Å². The summed E-state index contributed by atoms with van der Waals surface area (Å²) in [5, 5.41) is 12.9. The van der Waals surface area contributed by atoms with Crippen LogP contribution in [-0.2, 0) is 11.8 Å². The summed E-state index contributed by atoms with van der Waals surface area (Å²) in [5.41, 5.74) is 2.00. The number of rotatable bonds is 3. The van der Waals surface area contributed by atoms with Gasteiger partial charge in [0.05, 0.1) is 17.4 Å². The fraction of sp³-hybridized carbons (Fsp3) is 0.579. The molecule has 7 nitrogen and oxygen atoms in total. The summed E-state index contributed by atoms with van der Waals surface area (Å²) in [5.74, 6) is 1.41. The van der Waals surface area contributed by atoms with Gasteiger partial charge in [0.1, 0.15) is 0 Å². The van der Waals surface area contributed by atoms with Crippen LogP contribution in [0.25, 0.3) is 0 Å². The first kappa shape index (κ1) is 17.0. The van der Waals surface area contributed by atoms with Crippen LogP contribution in [0.2, 0.25) is 0 Å². The van der Waals surface area contributed by atoms with Crippen LogP contribution in [0.1, 0.15) is 43.4 Å². The molecule has 0 saturated carbocycles. The number of hydrogen-bond donors (Lipinski definition) is 0. The van der Waals surface area contributed by atoms with Crippen LogP contribution in [0.15, 0.2) is 24.5 Å². The Bertz CT molecular complexity index is 791. The monoisotopic (exact) mass is 354 g/mol. The maximum atomic E-state index is 12.7. The van der Waals surface area contributed by atoms with Gasteiger partial charge >= 0.3 is 0 Å². The van der Waals surface area contributed by atoms with Crippen molar-refractivity contribution in [3.8, 4) is 0 Å². The molecule has 2 aromatic rings. The number of aryl methyl sites for hydroxylation is 2. The van der Waals surface area contributed by atoms with Crippen molar-refractivity contribution in [2.45, 2.75) is 44.6 Å². The highest BCUT2D eigenvalue weighted by Crippen LogP contribution is 2.48. The lowest BCUT2D eigenvalue weighted by atomic mass is 9.74. The Morgan fingerprint density at radius 1 is 1.23 bits per heavy atom. The van der Waals surface area contributed by atoms with Crippen molar-refractivity contribution in [3.63, 3.8) is 0 Å². The maximum Gasteiger partial charge on any atom is 0.223 e. The summed E-state index contributed by atoms with van der Waals surface area (Å²) in [6.45, 7) is 6.57. The van der Waals surface area contributed by atoms with Crippen LogP contribution in [0.5, 0.6) is 0 Å². The zero-order chi connectivity index (χ0) is 18.3. The number of nitrogens with zero attached hydrogens (tertiary/aromatic N) is 6. The molecule has 4 rings (SSSR count). The van der Waals surface area contributed by atoms with Crippen molar-refractivity contribution in [2.75, 3.05) is 24.5 Å². The van der Waals surface area contributed by atoms with Crippen LogP contribution < -0.4 is 4.90 Å². The Hall–Kier alpha value is -2.44. The van der Waals surface area contributed by atoms with Crippen LogP contribution in [0, 0.1) is 6.92 Å². The Kier molecular flexibility index (Phi) is 4.17. The molecule has 2 fully saturated rings. The van der Waals surface area contributed by atoms with Gasteiger partial charge in [0.25, 0.3) is 0 Å². The van der Waals surface area contributed by atoms with E-state index in [4.69, 9.17) is 0 Å². The third kappa shape index (κ3) is 2.66. The molecule has 1 amide bonds. The molecule has 1 atom stereocenters. The van der Waals surface area contributed by atoms with E-state index in [0.29, 0.717) is 6.42 Å². The van der Waals surface area contributed by atoms with Crippen LogP contribution in [0.3, 0.4) is 0 Å². The van der Waals surface area contributed by atoms with E-state index in [1.165, 1.54) is 5.56 Å². The topological polar surface area (TPSA) is 67.2 Å². The minimum atomic E-state index is -0.108. The van der Waals surface area contributed by atoms with Gasteiger partial charge in [0, 0.05) is 45.2 Å². The molecule has 2 saturated heterocycles. The Labute approximate surface area is 154 Å². The summed E-state index contributed by atoms with van der Waals surface area (Å²) >= 11 is 0. The molecule has 2 aliphatic heterocycles. The fourth-order valence-corrected chi connectivity index (χ4v) is 4.75. The van der Waals surface area contributed by atoms with Crippen molar-refractivity contribution >= 4 is 11.7 Å². The zero-order valence-electron chi connectivity index (χ0n) is 15.7. The van der Waals surface area contributed by atoms with E-state index in [2.05, 4.69) is 38.2 Å². The fourth-order valence-electron chi connectivity index (χ4n) is 4.75. The maximum absolute atomic E-state index is 12.7. The predicted octanol–water partition coefficient (Wildman–Crippen LogP) is 1.89. The highest BCUT2D eigenvalue weighted by atomic mass is 16.2. The third-order valence-corrected chi connectivity index (χ3v) is 6.05. The number of aromatic nitrogens is 4. The first-order chi connectivity index (χ1) is 12.5. The van der Waals surface area contributed by atoms with Gasteiger partial charge in [-0.05, 0) is 44.4 Å². The third-order valence-electron chi connectivity index (χ3n) is 6.05. The van der Waals surface area contributed by atoms with Crippen molar-refractivity contribution in [3.05, 3.63) is 35.8 Å². The highest BCUT2D eigenvalue weighted by Gasteiger charge is 2.53. The average molecular weight is 354 g/mol. The van der Waals surface area contributed by atoms with Crippen molar-refractivity contribution < 1.29 is 4.79 Å². The predicted molar refractivity (Wildman–Crippen MR) is 98.9 cm³/mol. The summed E-state index contributed by atoms with van der Waals surface area (Å²) in [6.07, 6.45) is 6.47. The number of carbonyl (C=O) groups is 1. The Balaban J connectivity index is 1.60. The molecule has 0 radical (unpaired) electrons. The van der Waals surface area contributed by atoms with Gasteiger partial charge < -0.3 is 9.80 Å². The number of hydrogen-bond acceptors (Lipinski definition) is 5. The van der Waals surface area contributed by atoms with E-state index < -0.39 is 0 Å². The Morgan fingerprint density at radius 3 is 2.58 bits per heavy atom. The summed E-state index contributed by atoms with van der Waals surface area (Å²) in [4.78, 5) is 17.1. The van der Waals surface area contributed by atoms with Crippen molar-refractivity contribution in [2.24, 2.45) is 7.05 Å². The number of likely N-dealkylation sites (tertiary alicyclic amines) is 1. The molecule has 0 aliphatic carbocycles. The summed E-state index contributed by atoms with van der Waals surface area (Å²) in [7, 11) is 1.93. The zero-order valence-corrected chi connectivity index (χ0v) is 15.7. The quantitative estimate of drug-likeness (QED) is 0.842. The lowest BCUT2D eigenvalue weighted by Crippen LogP contribution is -2.55. The van der Waals surface area contributed by atoms with Gasteiger partial charge in [-0.2, -0.15) is 10.2 Å². The number of piperidine rings is 1. The molecular formula is C19H26N6O. The van der Waals surface area contributed by atoms with E-state index in [9.17, 15) is 4.79 Å². The SMILES string of the molecule is CCN1C(=O)CC(c2cnn(C)c2)C12CCN(c1ccc(C)nn1)CC2. The lowest BCUT2D eigenvalue weighted by Gasteiger charge is -2.47. The normalized spacial score (nSPS) is 22.4. The molecule has 1 spiro atoms. The van der Waals surface area contributed by atoms with Gasteiger partial charge in [-0.15, -0.1) is 5.10 Å². The second-order valence-electron chi connectivity index (χ2n) is 7.47. The number of amides is 1. The lowest BCUT2D eigenvalue weighted by molar-refractivity contribution is -0.131. The average Bonchev–Trinajstić information content (AvgIpc) is 3.18. The second kappa shape index (κ2) is 6.37. The number of anilines is 1. The largest absolute Gasteiger partial charge is 0.355 e. The van der Waals surface area contributed by atoms with Crippen LogP contribution >= 0.6 is 0 Å². The first-order valence-electron chi connectivity index (χ1n) is 9.38. The van der Waals surface area contributed by atoms with Crippen LogP contribution in [0.4, 0.5) is 5.82 Å². The van der Waals surface area contributed by atoms with Gasteiger partial charge in [-0.1, -0.05) is 0 Å². The molecule has 2 aliphatic rings. The minimum absolute atomic E-state index is 0.108. The van der Waals surface area contributed by atoms with E-state index >= 15 is 0 Å². The van der Waals surface area contributed by atoms with E-state index in [0.717, 1.165) is 44.0 Å². The number of likely N-dealkylation sites (N-methyl/N-ethyl adjacent to an activating group) is 1. The number of carbonyl (C=O) groups excluding carboxylic acids is 1. The smallest absolute Gasteiger partial charge is 0.223 e. The van der Waals surface area contributed by atoms with Gasteiger partial charge in [0.2, 0.25) is 5.91 Å². The van der Waals surface area contributed by atoms with Gasteiger partial charge in [-0.25, -0.2) is 0 Å². The van der Waals surface area contributed by atoms with Gasteiger partial charge in [-0.3, -0.25) is 9.48 Å². The molecule has 1 unspecified atom stereocenters. The molecule has 138 valence electrons. The van der Waals surface area contributed by atoms with E-state index in [1.807, 2.05) is 37.0 Å². The molecule has 7 heteroatoms. The summed E-state index contributed by atoms with van der Waals surface area (Å²) < 4.78 is 1.83. The van der Waals surface area contributed by atoms with Gasteiger partial charge in [0.15, 0.2) is 5.82 Å². The first-order valence-corrected chi connectivity index (χ1v) is 9.38. The molecule has 2 aromatic heterocycles.